The van der Waals surface area contributed by atoms with Gasteiger partial charge in [-0.25, -0.2) is 9.97 Å². The Balaban J connectivity index is 1.42. The summed E-state index contributed by atoms with van der Waals surface area (Å²) < 4.78 is 2.32. The van der Waals surface area contributed by atoms with Crippen molar-refractivity contribution in [1.29, 1.82) is 5.41 Å². The number of hydrogen-bond acceptors (Lipinski definition) is 5. The number of nitrogens with two attached hydrogens (primary N) is 2. The van der Waals surface area contributed by atoms with Crippen LogP contribution in [0.1, 0.15) is 40.2 Å². The van der Waals surface area contributed by atoms with Gasteiger partial charge >= 0.3 is 0 Å². The highest BCUT2D eigenvalue weighted by Gasteiger charge is 2.25. The fourth-order valence-electron chi connectivity index (χ4n) is 4.49. The zero-order valence-corrected chi connectivity index (χ0v) is 20.2. The number of carbonyl (C=O) groups is 1. The smallest absolute Gasteiger partial charge is 0.259 e. The van der Waals surface area contributed by atoms with Gasteiger partial charge in [-0.1, -0.05) is 30.3 Å². The lowest BCUT2D eigenvalue weighted by Crippen LogP contribution is -2.36. The number of imidazole rings is 1. The van der Waals surface area contributed by atoms with Crippen LogP contribution in [0.15, 0.2) is 66.9 Å². The second-order valence-corrected chi connectivity index (χ2v) is 9.33. The van der Waals surface area contributed by atoms with Gasteiger partial charge in [0.2, 0.25) is 0 Å². The number of amidine groups is 1. The van der Waals surface area contributed by atoms with E-state index in [4.69, 9.17) is 21.9 Å². The Bertz CT molecular complexity index is 1370. The van der Waals surface area contributed by atoms with Gasteiger partial charge in [-0.15, -0.1) is 0 Å². The third-order valence-corrected chi connectivity index (χ3v) is 6.64. The molecule has 0 atom stereocenters. The molecule has 0 bridgehead atoms. The number of aryl methyl sites for hydroxylation is 2. The summed E-state index contributed by atoms with van der Waals surface area (Å²) in [5, 5.41) is 7.58. The van der Waals surface area contributed by atoms with Crippen LogP contribution in [-0.4, -0.2) is 39.4 Å². The van der Waals surface area contributed by atoms with Crippen LogP contribution in [0.25, 0.3) is 11.0 Å². The van der Waals surface area contributed by atoms with E-state index in [1.165, 1.54) is 18.4 Å². The predicted octanol–water partition coefficient (Wildman–Crippen LogP) is 3.52. The van der Waals surface area contributed by atoms with E-state index in [0.29, 0.717) is 30.4 Å². The van der Waals surface area contributed by atoms with Crippen molar-refractivity contribution < 1.29 is 4.79 Å². The maximum atomic E-state index is 13.4. The molecule has 184 valence electrons. The first kappa shape index (κ1) is 23.7. The van der Waals surface area contributed by atoms with Gasteiger partial charge in [0.15, 0.2) is 0 Å². The topological polar surface area (TPSA) is 127 Å². The van der Waals surface area contributed by atoms with Crippen molar-refractivity contribution in [3.05, 3.63) is 89.4 Å². The third kappa shape index (κ3) is 5.13. The Hall–Kier alpha value is -4.04. The van der Waals surface area contributed by atoms with Gasteiger partial charge in [-0.05, 0) is 61.1 Å². The molecule has 1 saturated carbocycles. The lowest BCUT2D eigenvalue weighted by atomic mass is 10.1. The summed E-state index contributed by atoms with van der Waals surface area (Å²) in [6.07, 6.45) is 5.80. The molecule has 1 aliphatic carbocycles. The highest BCUT2D eigenvalue weighted by Crippen LogP contribution is 2.33. The van der Waals surface area contributed by atoms with Crippen LogP contribution in [-0.2, 0) is 19.4 Å². The van der Waals surface area contributed by atoms with Gasteiger partial charge in [0, 0.05) is 43.4 Å². The zero-order chi connectivity index (χ0) is 25.1. The van der Waals surface area contributed by atoms with E-state index in [9.17, 15) is 4.79 Å². The van der Waals surface area contributed by atoms with Crippen LogP contribution in [0.3, 0.4) is 0 Å². The van der Waals surface area contributed by atoms with E-state index in [-0.39, 0.29) is 11.7 Å². The minimum atomic E-state index is -0.134. The van der Waals surface area contributed by atoms with Gasteiger partial charge in [0.1, 0.15) is 17.5 Å². The molecule has 0 saturated heterocycles. The van der Waals surface area contributed by atoms with Gasteiger partial charge in [-0.2, -0.15) is 0 Å². The van der Waals surface area contributed by atoms with Crippen LogP contribution < -0.4 is 16.4 Å². The first-order chi connectivity index (χ1) is 17.5. The van der Waals surface area contributed by atoms with Crippen molar-refractivity contribution in [2.45, 2.75) is 32.2 Å². The molecule has 5 N–H and O–H groups in total. The average molecular weight is 482 g/mol. The minimum absolute atomic E-state index is 0.0752. The SMILES string of the molecule is N=C(N)c1ccc(CCc2nc3cc(C(=O)N(CCN)c4ccccn4)ccc3n2CC2CC2)cc1. The number of fused-ring (bicyclic) bond motifs is 1. The number of hydrogen-bond donors (Lipinski definition) is 3. The predicted molar refractivity (Wildman–Crippen MR) is 142 cm³/mol. The van der Waals surface area contributed by atoms with Gasteiger partial charge in [0.05, 0.1) is 11.0 Å². The number of rotatable bonds is 10. The maximum absolute atomic E-state index is 13.4. The normalized spacial score (nSPS) is 13.1. The zero-order valence-electron chi connectivity index (χ0n) is 20.2. The standard InChI is InChI=1S/C28H31N7O/c29-14-16-34(25-3-1-2-15-32-25)28(36)22-11-12-24-23(17-22)33-26(35(24)18-20-4-5-20)13-8-19-6-9-21(10-7-19)27(30)31/h1-3,6-7,9-12,15,17,20H,4-5,8,13-14,16,18,29H2,(H3,30,31). The van der Waals surface area contributed by atoms with Crippen LogP contribution in [0, 0.1) is 11.3 Å². The average Bonchev–Trinajstić information content (AvgIpc) is 3.66. The fraction of sp³-hybridized carbons (Fsp3) is 0.286. The lowest BCUT2D eigenvalue weighted by Gasteiger charge is -2.21. The van der Waals surface area contributed by atoms with Crippen LogP contribution in [0.2, 0.25) is 0 Å². The summed E-state index contributed by atoms with van der Waals surface area (Å²) in [5.74, 6) is 2.25. The number of pyridine rings is 1. The molecule has 0 unspecified atom stereocenters. The molecule has 1 fully saturated rings. The quantitative estimate of drug-likeness (QED) is 0.236. The Morgan fingerprint density at radius 1 is 1.06 bits per heavy atom. The summed E-state index contributed by atoms with van der Waals surface area (Å²) in [6.45, 7) is 1.69. The van der Waals surface area contributed by atoms with Crippen LogP contribution in [0.4, 0.5) is 5.82 Å². The van der Waals surface area contributed by atoms with Crippen LogP contribution >= 0.6 is 0 Å². The number of amides is 1. The first-order valence-corrected chi connectivity index (χ1v) is 12.4. The number of nitrogen functional groups attached to an aromatic ring is 1. The molecular weight excluding hydrogens is 450 g/mol. The van der Waals surface area contributed by atoms with E-state index in [1.807, 2.05) is 60.7 Å². The van der Waals surface area contributed by atoms with Crippen molar-refractivity contribution in [2.24, 2.45) is 17.4 Å². The Labute approximate surface area is 210 Å². The molecule has 36 heavy (non-hydrogen) atoms. The number of nitrogens with one attached hydrogen (secondary N) is 1. The first-order valence-electron chi connectivity index (χ1n) is 12.4. The van der Waals surface area contributed by atoms with Crippen molar-refractivity contribution in [3.8, 4) is 0 Å². The highest BCUT2D eigenvalue weighted by atomic mass is 16.2. The Morgan fingerprint density at radius 2 is 1.83 bits per heavy atom. The molecular formula is C28H31N7O. The van der Waals surface area contributed by atoms with Gasteiger partial charge < -0.3 is 16.0 Å². The fourth-order valence-corrected chi connectivity index (χ4v) is 4.49. The van der Waals surface area contributed by atoms with Crippen molar-refractivity contribution in [1.82, 2.24) is 14.5 Å². The van der Waals surface area contributed by atoms with E-state index in [2.05, 4.69) is 9.55 Å². The second kappa shape index (κ2) is 10.3. The summed E-state index contributed by atoms with van der Waals surface area (Å²) >= 11 is 0. The number of anilines is 1. The molecule has 2 aromatic heterocycles. The van der Waals surface area contributed by atoms with Gasteiger partial charge in [0.25, 0.3) is 5.91 Å². The lowest BCUT2D eigenvalue weighted by molar-refractivity contribution is 0.0987. The van der Waals surface area contributed by atoms with Crippen LogP contribution in [0.5, 0.6) is 0 Å². The molecule has 0 radical (unpaired) electrons. The second-order valence-electron chi connectivity index (χ2n) is 9.33. The Kier molecular flexibility index (Phi) is 6.77. The molecule has 5 rings (SSSR count). The number of nitrogens with zero attached hydrogens (tertiary/aromatic N) is 4. The van der Waals surface area contributed by atoms with Gasteiger partial charge in [-0.3, -0.25) is 15.1 Å². The largest absolute Gasteiger partial charge is 0.384 e. The summed E-state index contributed by atoms with van der Waals surface area (Å²) in [5.41, 5.74) is 15.7. The molecule has 0 spiro atoms. The van der Waals surface area contributed by atoms with E-state index in [1.54, 1.807) is 11.1 Å². The minimum Gasteiger partial charge on any atom is -0.384 e. The molecule has 4 aromatic rings. The molecule has 8 nitrogen and oxygen atoms in total. The monoisotopic (exact) mass is 481 g/mol. The maximum Gasteiger partial charge on any atom is 0.259 e. The van der Waals surface area contributed by atoms with Crippen molar-refractivity contribution in [2.75, 3.05) is 18.0 Å². The van der Waals surface area contributed by atoms with E-state index < -0.39 is 0 Å². The summed E-state index contributed by atoms with van der Waals surface area (Å²) in [4.78, 5) is 24.4. The molecule has 1 amide bonds. The summed E-state index contributed by atoms with van der Waals surface area (Å²) in [6, 6.07) is 19.1. The van der Waals surface area contributed by atoms with Crippen molar-refractivity contribution >= 4 is 28.6 Å². The van der Waals surface area contributed by atoms with E-state index in [0.717, 1.165) is 41.8 Å². The highest BCUT2D eigenvalue weighted by molar-refractivity contribution is 6.07. The molecule has 2 aromatic carbocycles. The number of aromatic nitrogens is 3. The number of carbonyl (C=O) groups excluding carboxylic acids is 1. The molecule has 8 heteroatoms. The number of benzene rings is 2. The van der Waals surface area contributed by atoms with E-state index >= 15 is 0 Å². The molecule has 2 heterocycles. The van der Waals surface area contributed by atoms with Crippen molar-refractivity contribution in [3.63, 3.8) is 0 Å². The Morgan fingerprint density at radius 3 is 2.50 bits per heavy atom. The molecule has 1 aliphatic rings. The molecule has 0 aliphatic heterocycles. The third-order valence-electron chi connectivity index (χ3n) is 6.64. The summed E-state index contributed by atoms with van der Waals surface area (Å²) in [7, 11) is 0.